The molecule has 0 aromatic carbocycles. The Hall–Kier alpha value is -1.76. The van der Waals surface area contributed by atoms with Crippen LogP contribution in [0.3, 0.4) is 0 Å². The summed E-state index contributed by atoms with van der Waals surface area (Å²) in [5.41, 5.74) is 6.99. The molecule has 4 N–H and O–H groups in total. The van der Waals surface area contributed by atoms with Crippen molar-refractivity contribution in [2.75, 3.05) is 18.5 Å². The summed E-state index contributed by atoms with van der Waals surface area (Å²) in [5.74, 6) is 0.808. The minimum Gasteiger partial charge on any atom is -0.409 e. The maximum absolute atomic E-state index is 9.31. The summed E-state index contributed by atoms with van der Waals surface area (Å²) in [6, 6.07) is 0. The van der Waals surface area contributed by atoms with E-state index in [-0.39, 0.29) is 11.9 Å². The Morgan fingerprint density at radius 2 is 2.22 bits per heavy atom. The van der Waals surface area contributed by atoms with Gasteiger partial charge in [0, 0.05) is 20.6 Å². The van der Waals surface area contributed by atoms with Crippen LogP contribution in [0.2, 0.25) is 0 Å². The highest BCUT2D eigenvalue weighted by Crippen LogP contribution is 2.22. The highest BCUT2D eigenvalue weighted by Gasteiger charge is 2.20. The fourth-order valence-corrected chi connectivity index (χ4v) is 1.92. The van der Waals surface area contributed by atoms with Gasteiger partial charge in [-0.2, -0.15) is 5.10 Å². The first-order valence-electron chi connectivity index (χ1n) is 5.79. The normalized spacial score (nSPS) is 13.7. The Kier molecular flexibility index (Phi) is 4.55. The second-order valence-corrected chi connectivity index (χ2v) is 4.45. The number of oxime groups is 1. The molecule has 0 aliphatic heterocycles. The number of aryl methyl sites for hydroxylation is 2. The van der Waals surface area contributed by atoms with Gasteiger partial charge in [-0.1, -0.05) is 5.16 Å². The van der Waals surface area contributed by atoms with Crippen LogP contribution >= 0.6 is 0 Å². The minimum absolute atomic E-state index is 0.0412. The molecule has 18 heavy (non-hydrogen) atoms. The molecule has 1 unspecified atom stereocenters. The van der Waals surface area contributed by atoms with E-state index in [4.69, 9.17) is 10.9 Å². The summed E-state index contributed by atoms with van der Waals surface area (Å²) >= 11 is 0. The largest absolute Gasteiger partial charge is 0.409 e. The number of nitrogens with two attached hydrogens (primary N) is 1. The van der Waals surface area contributed by atoms with Gasteiger partial charge in [-0.15, -0.1) is 0 Å². The van der Waals surface area contributed by atoms with Crippen molar-refractivity contribution in [1.82, 2.24) is 9.78 Å². The molecule has 0 radical (unpaired) electrons. The number of amidine groups is 1. The molecule has 1 aromatic rings. The Labute approximate surface area is 106 Å². The van der Waals surface area contributed by atoms with E-state index in [1.54, 1.807) is 25.6 Å². The van der Waals surface area contributed by atoms with E-state index in [0.717, 1.165) is 5.82 Å². The summed E-state index contributed by atoms with van der Waals surface area (Å²) in [6.07, 6.45) is 0.269. The number of rotatable bonds is 5. The SMILES string of the molecule is Cc1nn(C)c(N(C)CCC(C)O)c1C(N)=NO. The first-order chi connectivity index (χ1) is 8.38. The molecule has 1 atom stereocenters. The van der Waals surface area contributed by atoms with E-state index in [9.17, 15) is 5.11 Å². The van der Waals surface area contributed by atoms with Crippen molar-refractivity contribution in [2.24, 2.45) is 17.9 Å². The lowest BCUT2D eigenvalue weighted by atomic mass is 10.2. The van der Waals surface area contributed by atoms with Crippen LogP contribution in [0, 0.1) is 6.92 Å². The van der Waals surface area contributed by atoms with E-state index >= 15 is 0 Å². The average molecular weight is 255 g/mol. The number of aromatic nitrogens is 2. The van der Waals surface area contributed by atoms with Crippen LogP contribution in [0.4, 0.5) is 5.82 Å². The van der Waals surface area contributed by atoms with Crippen molar-refractivity contribution in [3.05, 3.63) is 11.3 Å². The lowest BCUT2D eigenvalue weighted by molar-refractivity contribution is 0.186. The van der Waals surface area contributed by atoms with Crippen LogP contribution < -0.4 is 10.6 Å². The molecule has 102 valence electrons. The molecule has 7 heteroatoms. The number of anilines is 1. The van der Waals surface area contributed by atoms with Crippen molar-refractivity contribution in [2.45, 2.75) is 26.4 Å². The van der Waals surface area contributed by atoms with Gasteiger partial charge in [0.1, 0.15) is 5.82 Å². The van der Waals surface area contributed by atoms with Gasteiger partial charge in [0.25, 0.3) is 0 Å². The van der Waals surface area contributed by atoms with Gasteiger partial charge in [-0.05, 0) is 20.3 Å². The third-order valence-electron chi connectivity index (χ3n) is 2.80. The molecule has 1 rings (SSSR count). The van der Waals surface area contributed by atoms with Crippen LogP contribution in [0.25, 0.3) is 0 Å². The Morgan fingerprint density at radius 1 is 1.61 bits per heavy atom. The number of aliphatic hydroxyl groups excluding tert-OH is 1. The van der Waals surface area contributed by atoms with Crippen LogP contribution in [0.15, 0.2) is 5.16 Å². The van der Waals surface area contributed by atoms with Gasteiger partial charge in [0.05, 0.1) is 17.4 Å². The number of nitrogens with zero attached hydrogens (tertiary/aromatic N) is 4. The van der Waals surface area contributed by atoms with Crippen molar-refractivity contribution < 1.29 is 10.3 Å². The van der Waals surface area contributed by atoms with Gasteiger partial charge in [0.15, 0.2) is 5.84 Å². The van der Waals surface area contributed by atoms with Gasteiger partial charge >= 0.3 is 0 Å². The van der Waals surface area contributed by atoms with Crippen LogP contribution in [0.1, 0.15) is 24.6 Å². The summed E-state index contributed by atoms with van der Waals surface area (Å²) in [5, 5.41) is 25.4. The highest BCUT2D eigenvalue weighted by atomic mass is 16.4. The maximum atomic E-state index is 9.31. The van der Waals surface area contributed by atoms with Gasteiger partial charge in [0.2, 0.25) is 0 Å². The molecule has 0 saturated carbocycles. The van der Waals surface area contributed by atoms with Crippen LogP contribution in [-0.2, 0) is 7.05 Å². The molecule has 0 fully saturated rings. The molecule has 1 heterocycles. The van der Waals surface area contributed by atoms with Gasteiger partial charge in [-0.3, -0.25) is 4.68 Å². The Balaban J connectivity index is 3.07. The predicted molar refractivity (Wildman–Crippen MR) is 70.0 cm³/mol. The zero-order valence-electron chi connectivity index (χ0n) is 11.3. The number of aliphatic hydroxyl groups is 1. The Bertz CT molecular complexity index is 439. The lowest BCUT2D eigenvalue weighted by Crippen LogP contribution is -2.27. The highest BCUT2D eigenvalue weighted by molar-refractivity contribution is 6.02. The smallest absolute Gasteiger partial charge is 0.175 e. The summed E-state index contributed by atoms with van der Waals surface area (Å²) in [6.45, 7) is 4.20. The molecule has 1 aromatic heterocycles. The standard InChI is InChI=1S/C11H21N5O2/c1-7(17)5-6-15(3)11-9(10(12)14-18)8(2)13-16(11)4/h7,17-18H,5-6H2,1-4H3,(H2,12,14). The molecular formula is C11H21N5O2. The molecule has 0 spiro atoms. The molecule has 0 bridgehead atoms. The molecule has 0 aliphatic carbocycles. The topological polar surface area (TPSA) is 99.9 Å². The quantitative estimate of drug-likeness (QED) is 0.298. The predicted octanol–water partition coefficient (Wildman–Crippen LogP) is 0.0301. The molecule has 0 amide bonds. The zero-order chi connectivity index (χ0) is 13.9. The van der Waals surface area contributed by atoms with Crippen LogP contribution in [0.5, 0.6) is 0 Å². The summed E-state index contributed by atoms with van der Waals surface area (Å²) in [7, 11) is 3.68. The van der Waals surface area contributed by atoms with Crippen molar-refractivity contribution in [1.29, 1.82) is 0 Å². The first kappa shape index (κ1) is 14.3. The second-order valence-electron chi connectivity index (χ2n) is 4.45. The van der Waals surface area contributed by atoms with E-state index in [2.05, 4.69) is 10.3 Å². The fraction of sp³-hybridized carbons (Fsp3) is 0.636. The maximum Gasteiger partial charge on any atom is 0.175 e. The van der Waals surface area contributed by atoms with E-state index in [1.807, 2.05) is 11.9 Å². The molecular weight excluding hydrogens is 234 g/mol. The lowest BCUT2D eigenvalue weighted by Gasteiger charge is -2.21. The van der Waals surface area contributed by atoms with Crippen molar-refractivity contribution in [3.8, 4) is 0 Å². The van der Waals surface area contributed by atoms with Crippen molar-refractivity contribution >= 4 is 11.7 Å². The Morgan fingerprint density at radius 3 is 2.72 bits per heavy atom. The minimum atomic E-state index is -0.367. The molecule has 0 saturated heterocycles. The third kappa shape index (κ3) is 2.92. The monoisotopic (exact) mass is 255 g/mol. The van der Waals surface area contributed by atoms with Gasteiger partial charge in [-0.25, -0.2) is 0 Å². The van der Waals surface area contributed by atoms with E-state index in [0.29, 0.717) is 24.2 Å². The number of hydrogen-bond acceptors (Lipinski definition) is 5. The average Bonchev–Trinajstić information content (AvgIpc) is 2.60. The summed E-state index contributed by atoms with van der Waals surface area (Å²) in [4.78, 5) is 1.93. The van der Waals surface area contributed by atoms with E-state index < -0.39 is 0 Å². The first-order valence-corrected chi connectivity index (χ1v) is 5.79. The fourth-order valence-electron chi connectivity index (χ4n) is 1.92. The number of hydrogen-bond donors (Lipinski definition) is 3. The van der Waals surface area contributed by atoms with Crippen LogP contribution in [-0.4, -0.2) is 45.6 Å². The molecule has 0 aliphatic rings. The second kappa shape index (κ2) is 5.72. The third-order valence-corrected chi connectivity index (χ3v) is 2.80. The summed E-state index contributed by atoms with van der Waals surface area (Å²) < 4.78 is 1.69. The molecule has 7 nitrogen and oxygen atoms in total. The van der Waals surface area contributed by atoms with Gasteiger partial charge < -0.3 is 20.9 Å². The zero-order valence-corrected chi connectivity index (χ0v) is 11.3. The van der Waals surface area contributed by atoms with E-state index in [1.165, 1.54) is 0 Å². The van der Waals surface area contributed by atoms with Crippen molar-refractivity contribution in [3.63, 3.8) is 0 Å².